The van der Waals surface area contributed by atoms with Gasteiger partial charge in [0.1, 0.15) is 7.11 Å². The Morgan fingerprint density at radius 1 is 1.00 bits per heavy atom. The zero-order chi connectivity index (χ0) is 14.5. The summed E-state index contributed by atoms with van der Waals surface area (Å²) in [6.07, 6.45) is 0. The molecule has 0 aliphatic carbocycles. The third-order valence-corrected chi connectivity index (χ3v) is 3.24. The van der Waals surface area contributed by atoms with Gasteiger partial charge in [0.25, 0.3) is 0 Å². The zero-order valence-electron chi connectivity index (χ0n) is 11.3. The van der Waals surface area contributed by atoms with Gasteiger partial charge in [0.2, 0.25) is 0 Å². The molecule has 0 atom stereocenters. The fourth-order valence-electron chi connectivity index (χ4n) is 1.97. The summed E-state index contributed by atoms with van der Waals surface area (Å²) in [6.45, 7) is 1.79. The average molecular weight is 288 g/mol. The second-order valence-electron chi connectivity index (χ2n) is 4.21. The number of carbonyl (C=O) groups is 1. The van der Waals surface area contributed by atoms with Crippen LogP contribution in [-0.2, 0) is 4.84 Å². The van der Waals surface area contributed by atoms with Crippen LogP contribution in [0.15, 0.2) is 53.7 Å². The molecule has 0 aliphatic rings. The lowest BCUT2D eigenvalue weighted by Gasteiger charge is -2.09. The fourth-order valence-corrected chi connectivity index (χ4v) is 2.19. The van der Waals surface area contributed by atoms with Gasteiger partial charge in [-0.2, -0.15) is 0 Å². The predicted molar refractivity (Wildman–Crippen MR) is 80.5 cm³/mol. The van der Waals surface area contributed by atoms with Crippen LogP contribution in [0.5, 0.6) is 0 Å². The van der Waals surface area contributed by atoms with Crippen molar-refractivity contribution >= 4 is 23.1 Å². The lowest BCUT2D eigenvalue weighted by atomic mass is 9.96. The maximum absolute atomic E-state index is 12.6. The summed E-state index contributed by atoms with van der Waals surface area (Å²) in [5, 5.41) is 4.32. The molecule has 0 amide bonds. The van der Waals surface area contributed by atoms with Crippen molar-refractivity contribution in [1.82, 2.24) is 0 Å². The Morgan fingerprint density at radius 2 is 1.55 bits per heavy atom. The number of oxime groups is 1. The number of rotatable bonds is 4. The number of benzene rings is 2. The number of hydrogen-bond donors (Lipinski definition) is 0. The molecular weight excluding hydrogens is 274 g/mol. The van der Waals surface area contributed by atoms with Gasteiger partial charge in [-0.15, -0.1) is 0 Å². The molecule has 0 unspecified atom stereocenters. The molecule has 0 bridgehead atoms. The number of carbonyl (C=O) groups excluding carboxylic acids is 1. The monoisotopic (exact) mass is 287 g/mol. The van der Waals surface area contributed by atoms with Crippen LogP contribution in [-0.4, -0.2) is 18.6 Å². The molecular formula is C16H14ClNO2. The molecule has 0 N–H and O–H groups in total. The van der Waals surface area contributed by atoms with Crippen molar-refractivity contribution in [3.63, 3.8) is 0 Å². The maximum atomic E-state index is 12.6. The first kappa shape index (κ1) is 14.3. The smallest absolute Gasteiger partial charge is 0.195 e. The van der Waals surface area contributed by atoms with Crippen LogP contribution in [0.25, 0.3) is 0 Å². The Morgan fingerprint density at radius 3 is 2.15 bits per heavy atom. The standard InChI is InChI=1S/C16H14ClNO2/c1-11(18-20-2)12-7-3-4-8-13(12)16(19)14-9-5-6-10-15(14)17/h3-10H,1-2H3/b18-11+. The molecule has 20 heavy (non-hydrogen) atoms. The van der Waals surface area contributed by atoms with Crippen molar-refractivity contribution in [2.24, 2.45) is 5.16 Å². The van der Waals surface area contributed by atoms with E-state index in [1.165, 1.54) is 7.11 Å². The predicted octanol–water partition coefficient (Wildman–Crippen LogP) is 3.94. The number of ketones is 1. The highest BCUT2D eigenvalue weighted by Gasteiger charge is 2.17. The normalized spacial score (nSPS) is 11.2. The van der Waals surface area contributed by atoms with Crippen LogP contribution < -0.4 is 0 Å². The Kier molecular flexibility index (Phi) is 4.53. The van der Waals surface area contributed by atoms with Gasteiger partial charge in [-0.25, -0.2) is 0 Å². The van der Waals surface area contributed by atoms with E-state index >= 15 is 0 Å². The van der Waals surface area contributed by atoms with E-state index in [4.69, 9.17) is 16.4 Å². The van der Waals surface area contributed by atoms with Crippen molar-refractivity contribution in [2.75, 3.05) is 7.11 Å². The Hall–Kier alpha value is -2.13. The van der Waals surface area contributed by atoms with Gasteiger partial charge in [0.05, 0.1) is 10.7 Å². The van der Waals surface area contributed by atoms with E-state index in [-0.39, 0.29) is 5.78 Å². The number of hydrogen-bond acceptors (Lipinski definition) is 3. The number of halogens is 1. The minimum absolute atomic E-state index is 0.128. The Balaban J connectivity index is 2.51. The highest BCUT2D eigenvalue weighted by atomic mass is 35.5. The van der Waals surface area contributed by atoms with Crippen LogP contribution in [0.4, 0.5) is 0 Å². The summed E-state index contributed by atoms with van der Waals surface area (Å²) in [6, 6.07) is 14.3. The second-order valence-corrected chi connectivity index (χ2v) is 4.62. The van der Waals surface area contributed by atoms with E-state index in [0.29, 0.717) is 21.9 Å². The first-order valence-corrected chi connectivity index (χ1v) is 6.49. The van der Waals surface area contributed by atoms with E-state index < -0.39 is 0 Å². The van der Waals surface area contributed by atoms with Crippen molar-refractivity contribution in [3.05, 3.63) is 70.2 Å². The van der Waals surface area contributed by atoms with Gasteiger partial charge in [-0.3, -0.25) is 4.79 Å². The van der Waals surface area contributed by atoms with E-state index in [9.17, 15) is 4.79 Å². The fraction of sp³-hybridized carbons (Fsp3) is 0.125. The first-order valence-electron chi connectivity index (χ1n) is 6.11. The van der Waals surface area contributed by atoms with Crippen LogP contribution in [0.1, 0.15) is 28.4 Å². The SMILES string of the molecule is CO/N=C(\C)c1ccccc1C(=O)c1ccccc1Cl. The first-order chi connectivity index (χ1) is 9.65. The van der Waals surface area contributed by atoms with Gasteiger partial charge < -0.3 is 4.84 Å². The molecule has 0 fully saturated rings. The van der Waals surface area contributed by atoms with Gasteiger partial charge in [0.15, 0.2) is 5.78 Å². The largest absolute Gasteiger partial charge is 0.399 e. The summed E-state index contributed by atoms with van der Waals surface area (Å²) in [5.74, 6) is -0.128. The van der Waals surface area contributed by atoms with Crippen LogP contribution in [0.3, 0.4) is 0 Å². The molecule has 3 nitrogen and oxygen atoms in total. The lowest BCUT2D eigenvalue weighted by molar-refractivity contribution is 0.103. The van der Waals surface area contributed by atoms with Gasteiger partial charge in [-0.1, -0.05) is 53.2 Å². The molecule has 2 rings (SSSR count). The lowest BCUT2D eigenvalue weighted by Crippen LogP contribution is -2.09. The Labute approximate surface area is 122 Å². The zero-order valence-corrected chi connectivity index (χ0v) is 12.0. The molecule has 2 aromatic carbocycles. The quantitative estimate of drug-likeness (QED) is 0.485. The Bertz CT molecular complexity index is 665. The second kappa shape index (κ2) is 6.35. The number of nitrogens with zero attached hydrogens (tertiary/aromatic N) is 1. The van der Waals surface area contributed by atoms with Gasteiger partial charge in [0, 0.05) is 16.7 Å². The van der Waals surface area contributed by atoms with E-state index in [0.717, 1.165) is 5.56 Å². The molecule has 0 radical (unpaired) electrons. The molecule has 0 spiro atoms. The maximum Gasteiger partial charge on any atom is 0.195 e. The van der Waals surface area contributed by atoms with Crippen molar-refractivity contribution < 1.29 is 9.63 Å². The highest BCUT2D eigenvalue weighted by molar-refractivity contribution is 6.35. The molecule has 0 aliphatic heterocycles. The summed E-state index contributed by atoms with van der Waals surface area (Å²) in [7, 11) is 1.47. The average Bonchev–Trinajstić information content (AvgIpc) is 2.47. The summed E-state index contributed by atoms with van der Waals surface area (Å²) < 4.78 is 0. The van der Waals surface area contributed by atoms with Crippen LogP contribution in [0, 0.1) is 0 Å². The van der Waals surface area contributed by atoms with Crippen LogP contribution in [0.2, 0.25) is 5.02 Å². The molecule has 0 saturated heterocycles. The van der Waals surface area contributed by atoms with Crippen molar-refractivity contribution in [2.45, 2.75) is 6.92 Å². The van der Waals surface area contributed by atoms with Crippen molar-refractivity contribution in [3.8, 4) is 0 Å². The van der Waals surface area contributed by atoms with Crippen LogP contribution >= 0.6 is 11.6 Å². The summed E-state index contributed by atoms with van der Waals surface area (Å²) >= 11 is 6.09. The van der Waals surface area contributed by atoms with Crippen molar-refractivity contribution in [1.29, 1.82) is 0 Å². The molecule has 102 valence electrons. The molecule has 0 aromatic heterocycles. The highest BCUT2D eigenvalue weighted by Crippen LogP contribution is 2.21. The van der Waals surface area contributed by atoms with Gasteiger partial charge >= 0.3 is 0 Å². The minimum Gasteiger partial charge on any atom is -0.399 e. The summed E-state index contributed by atoms with van der Waals surface area (Å²) in [5.41, 5.74) is 2.41. The third kappa shape index (κ3) is 2.89. The molecule has 2 aromatic rings. The minimum atomic E-state index is -0.128. The molecule has 0 saturated carbocycles. The van der Waals surface area contributed by atoms with Gasteiger partial charge in [-0.05, 0) is 19.1 Å². The molecule has 4 heteroatoms. The molecule has 0 heterocycles. The van der Waals surface area contributed by atoms with E-state index in [1.54, 1.807) is 37.3 Å². The third-order valence-electron chi connectivity index (χ3n) is 2.91. The summed E-state index contributed by atoms with van der Waals surface area (Å²) in [4.78, 5) is 17.4. The van der Waals surface area contributed by atoms with E-state index in [1.807, 2.05) is 18.2 Å². The van der Waals surface area contributed by atoms with E-state index in [2.05, 4.69) is 5.16 Å². The topological polar surface area (TPSA) is 38.7 Å².